The number of anilines is 1. The number of carbonyl (C=O) groups excluding carboxylic acids is 2. The summed E-state index contributed by atoms with van der Waals surface area (Å²) in [6, 6.07) is 16.3. The Hall–Kier alpha value is -3.02. The topological polar surface area (TPSA) is 76.7 Å². The maximum Gasteiger partial charge on any atom is 0.408 e. The summed E-state index contributed by atoms with van der Waals surface area (Å²) in [6.07, 6.45) is -0.642. The average Bonchev–Trinajstić information content (AvgIpc) is 2.54. The van der Waals surface area contributed by atoms with Gasteiger partial charge in [-0.05, 0) is 45.0 Å². The van der Waals surface area contributed by atoms with E-state index in [4.69, 9.17) is 9.47 Å². The molecule has 0 atom stereocenters. The summed E-state index contributed by atoms with van der Waals surface area (Å²) in [7, 11) is 0. The molecule has 2 rings (SSSR count). The number of amides is 2. The fourth-order valence-corrected chi connectivity index (χ4v) is 1.94. The van der Waals surface area contributed by atoms with Crippen molar-refractivity contribution in [2.45, 2.75) is 26.4 Å². The molecule has 6 nitrogen and oxygen atoms in total. The zero-order valence-corrected chi connectivity index (χ0v) is 14.5. The highest BCUT2D eigenvalue weighted by molar-refractivity contribution is 5.95. The zero-order chi connectivity index (χ0) is 18.3. The predicted octanol–water partition coefficient (Wildman–Crippen LogP) is 3.94. The van der Waals surface area contributed by atoms with Gasteiger partial charge in [0.2, 0.25) is 5.91 Å². The molecule has 2 aromatic rings. The number of para-hydroxylation sites is 3. The van der Waals surface area contributed by atoms with E-state index in [1.165, 1.54) is 0 Å². The van der Waals surface area contributed by atoms with E-state index in [0.29, 0.717) is 17.2 Å². The molecule has 132 valence electrons. The number of ether oxygens (including phenoxy) is 2. The van der Waals surface area contributed by atoms with Crippen molar-refractivity contribution >= 4 is 17.7 Å². The molecule has 0 saturated heterocycles. The van der Waals surface area contributed by atoms with Crippen LogP contribution in [0, 0.1) is 0 Å². The van der Waals surface area contributed by atoms with E-state index >= 15 is 0 Å². The Kier molecular flexibility index (Phi) is 6.00. The number of hydrogen-bond acceptors (Lipinski definition) is 4. The summed E-state index contributed by atoms with van der Waals surface area (Å²) in [5.74, 6) is 0.797. The summed E-state index contributed by atoms with van der Waals surface area (Å²) in [5, 5.41) is 5.13. The Morgan fingerprint density at radius 2 is 1.60 bits per heavy atom. The molecule has 0 fully saturated rings. The largest absolute Gasteiger partial charge is 0.455 e. The van der Waals surface area contributed by atoms with Crippen molar-refractivity contribution in [1.29, 1.82) is 0 Å². The van der Waals surface area contributed by atoms with Gasteiger partial charge in [0.05, 0.1) is 5.69 Å². The number of alkyl carbamates (subject to hydrolysis) is 1. The quantitative estimate of drug-likeness (QED) is 0.863. The summed E-state index contributed by atoms with van der Waals surface area (Å²) in [6.45, 7) is 5.06. The van der Waals surface area contributed by atoms with E-state index in [1.807, 2.05) is 36.4 Å². The molecule has 2 N–H and O–H groups in total. The number of benzene rings is 2. The molecule has 0 radical (unpaired) electrons. The summed E-state index contributed by atoms with van der Waals surface area (Å²) in [5.41, 5.74) is -0.0983. The standard InChI is InChI=1S/C19H22N2O4/c1-19(2,3)25-18(23)20-13-17(22)21-15-11-7-8-12-16(15)24-14-9-5-4-6-10-14/h4-12H,13H2,1-3H3,(H,20,23)(H,21,22). The van der Waals surface area contributed by atoms with Crippen molar-refractivity contribution in [3.8, 4) is 11.5 Å². The van der Waals surface area contributed by atoms with Gasteiger partial charge in [0.25, 0.3) is 0 Å². The molecule has 0 heterocycles. The Balaban J connectivity index is 1.94. The van der Waals surface area contributed by atoms with E-state index in [2.05, 4.69) is 10.6 Å². The van der Waals surface area contributed by atoms with Crippen LogP contribution in [-0.4, -0.2) is 24.1 Å². The zero-order valence-electron chi connectivity index (χ0n) is 14.5. The maximum atomic E-state index is 12.1. The van der Waals surface area contributed by atoms with E-state index in [9.17, 15) is 9.59 Å². The van der Waals surface area contributed by atoms with Crippen molar-refractivity contribution in [3.63, 3.8) is 0 Å². The van der Waals surface area contributed by atoms with Crippen LogP contribution in [0.25, 0.3) is 0 Å². The van der Waals surface area contributed by atoms with Gasteiger partial charge in [0, 0.05) is 0 Å². The first-order valence-corrected chi connectivity index (χ1v) is 7.92. The van der Waals surface area contributed by atoms with Crippen LogP contribution in [0.3, 0.4) is 0 Å². The van der Waals surface area contributed by atoms with Gasteiger partial charge in [-0.2, -0.15) is 0 Å². The SMILES string of the molecule is CC(C)(C)OC(=O)NCC(=O)Nc1ccccc1Oc1ccccc1. The van der Waals surface area contributed by atoms with E-state index in [0.717, 1.165) is 0 Å². The van der Waals surface area contributed by atoms with Crippen molar-refractivity contribution in [2.75, 3.05) is 11.9 Å². The van der Waals surface area contributed by atoms with E-state index in [1.54, 1.807) is 39.0 Å². The minimum Gasteiger partial charge on any atom is -0.455 e. The van der Waals surface area contributed by atoms with Crippen LogP contribution in [0.4, 0.5) is 10.5 Å². The van der Waals surface area contributed by atoms with Gasteiger partial charge in [-0.3, -0.25) is 4.79 Å². The molecule has 25 heavy (non-hydrogen) atoms. The van der Waals surface area contributed by atoms with Crippen LogP contribution in [0.1, 0.15) is 20.8 Å². The van der Waals surface area contributed by atoms with Crippen molar-refractivity contribution in [1.82, 2.24) is 5.32 Å². The van der Waals surface area contributed by atoms with Gasteiger partial charge in [-0.25, -0.2) is 4.79 Å². The minimum atomic E-state index is -0.642. The van der Waals surface area contributed by atoms with Crippen molar-refractivity contribution in [3.05, 3.63) is 54.6 Å². The van der Waals surface area contributed by atoms with Gasteiger partial charge in [0.1, 0.15) is 17.9 Å². The van der Waals surface area contributed by atoms with E-state index in [-0.39, 0.29) is 12.5 Å². The molecular weight excluding hydrogens is 320 g/mol. The van der Waals surface area contributed by atoms with Gasteiger partial charge in [0.15, 0.2) is 5.75 Å². The molecule has 2 amide bonds. The van der Waals surface area contributed by atoms with Gasteiger partial charge in [-0.1, -0.05) is 30.3 Å². The second-order valence-corrected chi connectivity index (χ2v) is 6.31. The molecule has 0 aliphatic heterocycles. The molecule has 0 bridgehead atoms. The highest BCUT2D eigenvalue weighted by Crippen LogP contribution is 2.28. The maximum absolute atomic E-state index is 12.1. The first-order chi connectivity index (χ1) is 11.8. The van der Waals surface area contributed by atoms with Gasteiger partial charge < -0.3 is 20.1 Å². The lowest BCUT2D eigenvalue weighted by atomic mass is 10.2. The molecule has 0 aromatic heterocycles. The second kappa shape index (κ2) is 8.19. The van der Waals surface area contributed by atoms with Crippen molar-refractivity contribution < 1.29 is 19.1 Å². The lowest BCUT2D eigenvalue weighted by molar-refractivity contribution is -0.115. The molecule has 0 saturated carbocycles. The lowest BCUT2D eigenvalue weighted by Crippen LogP contribution is -2.37. The van der Waals surface area contributed by atoms with Gasteiger partial charge in [-0.15, -0.1) is 0 Å². The van der Waals surface area contributed by atoms with Crippen LogP contribution in [0.5, 0.6) is 11.5 Å². The summed E-state index contributed by atoms with van der Waals surface area (Å²) >= 11 is 0. The molecular formula is C19H22N2O4. The molecule has 2 aromatic carbocycles. The Morgan fingerprint density at radius 1 is 0.960 bits per heavy atom. The number of carbonyl (C=O) groups is 2. The fourth-order valence-electron chi connectivity index (χ4n) is 1.94. The summed E-state index contributed by atoms with van der Waals surface area (Å²) in [4.78, 5) is 23.6. The Labute approximate surface area is 147 Å². The van der Waals surface area contributed by atoms with Crippen LogP contribution in [-0.2, 0) is 9.53 Å². The Bertz CT molecular complexity index is 724. The fraction of sp³-hybridized carbons (Fsp3) is 0.263. The average molecular weight is 342 g/mol. The molecule has 0 unspecified atom stereocenters. The Morgan fingerprint density at radius 3 is 2.28 bits per heavy atom. The number of hydrogen-bond donors (Lipinski definition) is 2. The monoisotopic (exact) mass is 342 g/mol. The highest BCUT2D eigenvalue weighted by atomic mass is 16.6. The van der Waals surface area contributed by atoms with E-state index < -0.39 is 11.7 Å². The van der Waals surface area contributed by atoms with Crippen molar-refractivity contribution in [2.24, 2.45) is 0 Å². The third kappa shape index (κ3) is 6.55. The molecule has 0 spiro atoms. The smallest absolute Gasteiger partial charge is 0.408 e. The minimum absolute atomic E-state index is 0.200. The first-order valence-electron chi connectivity index (χ1n) is 7.92. The summed E-state index contributed by atoms with van der Waals surface area (Å²) < 4.78 is 10.9. The molecule has 6 heteroatoms. The third-order valence-electron chi connectivity index (χ3n) is 2.92. The number of rotatable bonds is 5. The second-order valence-electron chi connectivity index (χ2n) is 6.31. The van der Waals surface area contributed by atoms with Crippen LogP contribution in [0.15, 0.2) is 54.6 Å². The first kappa shape index (κ1) is 18.3. The van der Waals surface area contributed by atoms with Crippen LogP contribution < -0.4 is 15.4 Å². The number of nitrogens with one attached hydrogen (secondary N) is 2. The van der Waals surface area contributed by atoms with Crippen LogP contribution in [0.2, 0.25) is 0 Å². The third-order valence-corrected chi connectivity index (χ3v) is 2.92. The molecule has 0 aliphatic carbocycles. The highest BCUT2D eigenvalue weighted by Gasteiger charge is 2.17. The van der Waals surface area contributed by atoms with Crippen LogP contribution >= 0.6 is 0 Å². The normalized spacial score (nSPS) is 10.7. The predicted molar refractivity (Wildman–Crippen MR) is 95.8 cm³/mol. The molecule has 0 aliphatic rings. The lowest BCUT2D eigenvalue weighted by Gasteiger charge is -2.19. The van der Waals surface area contributed by atoms with Gasteiger partial charge >= 0.3 is 6.09 Å².